The first kappa shape index (κ1) is 19.1. The highest BCUT2D eigenvalue weighted by molar-refractivity contribution is 6.10. The molecule has 0 aliphatic carbocycles. The minimum atomic E-state index is -0.284. The highest BCUT2D eigenvalue weighted by atomic mass is 16.2. The lowest BCUT2D eigenvalue weighted by molar-refractivity contribution is -0.714. The van der Waals surface area contributed by atoms with Crippen molar-refractivity contribution in [2.45, 2.75) is 39.3 Å². The lowest BCUT2D eigenvalue weighted by atomic mass is 9.96. The van der Waals surface area contributed by atoms with Crippen LogP contribution in [0.5, 0.6) is 0 Å². The van der Waals surface area contributed by atoms with Crippen molar-refractivity contribution >= 4 is 23.2 Å². The molecule has 2 amide bonds. The lowest BCUT2D eigenvalue weighted by Crippen LogP contribution is -2.93. The van der Waals surface area contributed by atoms with Gasteiger partial charge in [0.05, 0.1) is 11.4 Å². The predicted molar refractivity (Wildman–Crippen MR) is 107 cm³/mol. The molecule has 3 N–H and O–H groups in total. The van der Waals surface area contributed by atoms with Gasteiger partial charge in [-0.1, -0.05) is 56.3 Å². The Bertz CT molecular complexity index is 804. The van der Waals surface area contributed by atoms with Crippen molar-refractivity contribution in [3.05, 3.63) is 60.2 Å². The number of nitrogens with two attached hydrogens (primary N) is 1. The van der Waals surface area contributed by atoms with E-state index >= 15 is 0 Å². The van der Waals surface area contributed by atoms with Crippen molar-refractivity contribution in [2.24, 2.45) is 5.92 Å². The van der Waals surface area contributed by atoms with Gasteiger partial charge >= 0.3 is 0 Å². The van der Waals surface area contributed by atoms with Crippen LogP contribution in [0.3, 0.4) is 0 Å². The summed E-state index contributed by atoms with van der Waals surface area (Å²) in [5.74, 6) is 0.327. The number of rotatable bonds is 6. The van der Waals surface area contributed by atoms with Crippen molar-refractivity contribution in [1.82, 2.24) is 0 Å². The Morgan fingerprint density at radius 2 is 1.74 bits per heavy atom. The standard InChI is InChI=1S/C22H27N3O2/c1-15(2)13-19(17-9-5-4-6-10-17)23-16(3)22(27)25-14-21(26)24-18-11-7-8-12-20(18)25/h4-12,15-16,19,23H,13-14H2,1-3H3,(H,24,26)/p+1/t16-,19+/m0/s1. The molecule has 0 spiro atoms. The van der Waals surface area contributed by atoms with Crippen molar-refractivity contribution in [1.29, 1.82) is 0 Å². The maximum Gasteiger partial charge on any atom is 0.285 e. The van der Waals surface area contributed by atoms with Gasteiger partial charge in [0.1, 0.15) is 12.6 Å². The second-order valence-electron chi connectivity index (χ2n) is 7.62. The molecule has 0 saturated heterocycles. The molecule has 0 bridgehead atoms. The van der Waals surface area contributed by atoms with E-state index in [0.29, 0.717) is 11.6 Å². The van der Waals surface area contributed by atoms with Gasteiger partial charge in [-0.2, -0.15) is 0 Å². The maximum absolute atomic E-state index is 13.2. The van der Waals surface area contributed by atoms with Crippen LogP contribution in [0, 0.1) is 5.92 Å². The summed E-state index contributed by atoms with van der Waals surface area (Å²) in [6.07, 6.45) is 0.985. The monoisotopic (exact) mass is 366 g/mol. The summed E-state index contributed by atoms with van der Waals surface area (Å²) in [5.41, 5.74) is 2.68. The van der Waals surface area contributed by atoms with Crippen LogP contribution in [0.4, 0.5) is 11.4 Å². The molecular formula is C22H28N3O2+. The fourth-order valence-corrected chi connectivity index (χ4v) is 3.64. The molecule has 27 heavy (non-hydrogen) atoms. The Labute approximate surface area is 160 Å². The fraction of sp³-hybridized carbons (Fsp3) is 0.364. The number of carbonyl (C=O) groups excluding carboxylic acids is 2. The first-order chi connectivity index (χ1) is 13.0. The zero-order chi connectivity index (χ0) is 19.4. The Balaban J connectivity index is 1.79. The Morgan fingerprint density at radius 1 is 1.07 bits per heavy atom. The number of amides is 2. The normalized spacial score (nSPS) is 15.9. The molecular weight excluding hydrogens is 338 g/mol. The molecule has 2 atom stereocenters. The molecule has 2 aromatic rings. The Morgan fingerprint density at radius 3 is 2.44 bits per heavy atom. The van der Waals surface area contributed by atoms with Crippen LogP contribution in [0.1, 0.15) is 38.8 Å². The van der Waals surface area contributed by atoms with Gasteiger partial charge in [-0.3, -0.25) is 14.5 Å². The topological polar surface area (TPSA) is 66.0 Å². The molecule has 5 heteroatoms. The molecule has 1 aliphatic heterocycles. The molecule has 2 aromatic carbocycles. The highest BCUT2D eigenvalue weighted by Crippen LogP contribution is 2.29. The smallest absolute Gasteiger partial charge is 0.285 e. The number of carbonyl (C=O) groups is 2. The van der Waals surface area contributed by atoms with Crippen LogP contribution in [0.15, 0.2) is 54.6 Å². The zero-order valence-corrected chi connectivity index (χ0v) is 16.2. The van der Waals surface area contributed by atoms with E-state index < -0.39 is 0 Å². The van der Waals surface area contributed by atoms with Gasteiger partial charge in [-0.05, 0) is 25.0 Å². The van der Waals surface area contributed by atoms with Crippen LogP contribution in [0.25, 0.3) is 0 Å². The molecule has 1 heterocycles. The summed E-state index contributed by atoms with van der Waals surface area (Å²) >= 11 is 0. The molecule has 0 radical (unpaired) electrons. The van der Waals surface area contributed by atoms with E-state index in [-0.39, 0.29) is 30.4 Å². The van der Waals surface area contributed by atoms with E-state index in [1.165, 1.54) is 5.56 Å². The molecule has 0 saturated carbocycles. The van der Waals surface area contributed by atoms with E-state index in [1.54, 1.807) is 4.90 Å². The van der Waals surface area contributed by atoms with Crippen LogP contribution < -0.4 is 15.5 Å². The molecule has 1 aliphatic rings. The van der Waals surface area contributed by atoms with Crippen molar-refractivity contribution < 1.29 is 14.9 Å². The number of hydrogen-bond donors (Lipinski definition) is 2. The maximum atomic E-state index is 13.2. The van der Waals surface area contributed by atoms with Gasteiger partial charge in [0.15, 0.2) is 6.04 Å². The second kappa shape index (κ2) is 8.35. The van der Waals surface area contributed by atoms with E-state index in [1.807, 2.05) is 49.4 Å². The lowest BCUT2D eigenvalue weighted by Gasteiger charge is -2.31. The van der Waals surface area contributed by atoms with E-state index in [0.717, 1.165) is 12.1 Å². The summed E-state index contributed by atoms with van der Waals surface area (Å²) in [5, 5.41) is 4.97. The molecule has 142 valence electrons. The van der Waals surface area contributed by atoms with Gasteiger partial charge in [-0.15, -0.1) is 0 Å². The first-order valence-electron chi connectivity index (χ1n) is 9.56. The zero-order valence-electron chi connectivity index (χ0n) is 16.2. The van der Waals surface area contributed by atoms with Crippen molar-refractivity contribution in [3.63, 3.8) is 0 Å². The molecule has 0 fully saturated rings. The minimum Gasteiger partial charge on any atom is -0.330 e. The number of para-hydroxylation sites is 2. The Hall–Kier alpha value is -2.66. The van der Waals surface area contributed by atoms with Crippen LogP contribution in [-0.2, 0) is 9.59 Å². The van der Waals surface area contributed by atoms with Gasteiger partial charge in [0.25, 0.3) is 5.91 Å². The van der Waals surface area contributed by atoms with Crippen molar-refractivity contribution in [3.8, 4) is 0 Å². The summed E-state index contributed by atoms with van der Waals surface area (Å²) in [6.45, 7) is 6.38. The number of hydrogen-bond acceptors (Lipinski definition) is 2. The second-order valence-corrected chi connectivity index (χ2v) is 7.62. The van der Waals surface area contributed by atoms with Gasteiger partial charge in [0, 0.05) is 12.0 Å². The quantitative estimate of drug-likeness (QED) is 0.825. The van der Waals surface area contributed by atoms with E-state index in [2.05, 4.69) is 36.6 Å². The molecule has 3 rings (SSSR count). The Kier molecular flexibility index (Phi) is 5.91. The molecule has 5 nitrogen and oxygen atoms in total. The number of anilines is 2. The summed E-state index contributed by atoms with van der Waals surface area (Å²) in [4.78, 5) is 26.8. The van der Waals surface area contributed by atoms with E-state index in [9.17, 15) is 9.59 Å². The van der Waals surface area contributed by atoms with Crippen LogP contribution in [-0.4, -0.2) is 24.4 Å². The SMILES string of the molecule is CC(C)C[C@@H]([NH2+][C@@H](C)C(=O)N1CC(=O)Nc2ccccc21)c1ccccc1. The van der Waals surface area contributed by atoms with Crippen LogP contribution in [0.2, 0.25) is 0 Å². The number of fused-ring (bicyclic) bond motifs is 1. The third kappa shape index (κ3) is 4.55. The largest absolute Gasteiger partial charge is 0.330 e. The number of benzene rings is 2. The predicted octanol–water partition coefficient (Wildman–Crippen LogP) is 2.71. The first-order valence-corrected chi connectivity index (χ1v) is 9.56. The number of quaternary nitrogens is 1. The summed E-state index contributed by atoms with van der Waals surface area (Å²) in [6, 6.07) is 17.7. The number of nitrogens with one attached hydrogen (secondary N) is 1. The molecule has 0 aromatic heterocycles. The van der Waals surface area contributed by atoms with Crippen LogP contribution >= 0.6 is 0 Å². The molecule has 0 unspecified atom stereocenters. The van der Waals surface area contributed by atoms with Gasteiger partial charge < -0.3 is 10.6 Å². The van der Waals surface area contributed by atoms with Crippen molar-refractivity contribution in [2.75, 3.05) is 16.8 Å². The third-order valence-corrected chi connectivity index (χ3v) is 4.90. The number of nitrogens with zero attached hydrogens (tertiary/aromatic N) is 1. The van der Waals surface area contributed by atoms with E-state index in [4.69, 9.17) is 0 Å². The van der Waals surface area contributed by atoms with Gasteiger partial charge in [0.2, 0.25) is 5.91 Å². The average molecular weight is 366 g/mol. The highest BCUT2D eigenvalue weighted by Gasteiger charge is 2.33. The average Bonchev–Trinajstić information content (AvgIpc) is 2.66. The summed E-state index contributed by atoms with van der Waals surface area (Å²) < 4.78 is 0. The minimum absolute atomic E-state index is 0.0398. The van der Waals surface area contributed by atoms with Gasteiger partial charge in [-0.25, -0.2) is 0 Å². The fourth-order valence-electron chi connectivity index (χ4n) is 3.64. The summed E-state index contributed by atoms with van der Waals surface area (Å²) in [7, 11) is 0. The third-order valence-electron chi connectivity index (χ3n) is 4.90.